The van der Waals surface area contributed by atoms with Crippen molar-refractivity contribution in [1.82, 2.24) is 4.90 Å². The molecule has 94 valence electrons. The van der Waals surface area contributed by atoms with Gasteiger partial charge in [-0.15, -0.1) is 0 Å². The highest BCUT2D eigenvalue weighted by Crippen LogP contribution is 2.26. The average Bonchev–Trinajstić information content (AvgIpc) is 2.25. The summed E-state index contributed by atoms with van der Waals surface area (Å²) in [6, 6.07) is -0.366. The normalized spacial score (nSPS) is 18.5. The van der Waals surface area contributed by atoms with Crippen LogP contribution in [0.4, 0.5) is 13.2 Å². The van der Waals surface area contributed by atoms with Crippen LogP contribution in [0.5, 0.6) is 0 Å². The van der Waals surface area contributed by atoms with E-state index in [-0.39, 0.29) is 12.6 Å². The summed E-state index contributed by atoms with van der Waals surface area (Å²) in [5, 5.41) is 8.72. The molecule has 0 aliphatic heterocycles. The summed E-state index contributed by atoms with van der Waals surface area (Å²) in [6.45, 7) is -0.665. The molecule has 3 nitrogen and oxygen atoms in total. The van der Waals surface area contributed by atoms with Crippen molar-refractivity contribution >= 4 is 5.91 Å². The van der Waals surface area contributed by atoms with Gasteiger partial charge in [-0.1, -0.05) is 19.3 Å². The van der Waals surface area contributed by atoms with Crippen molar-refractivity contribution in [3.63, 3.8) is 0 Å². The van der Waals surface area contributed by atoms with Gasteiger partial charge in [0.05, 0.1) is 6.61 Å². The Labute approximate surface area is 92.2 Å². The molecule has 16 heavy (non-hydrogen) atoms. The zero-order valence-corrected chi connectivity index (χ0v) is 8.96. The summed E-state index contributed by atoms with van der Waals surface area (Å²) in [5.41, 5.74) is 0. The van der Waals surface area contributed by atoms with E-state index in [0.29, 0.717) is 12.8 Å². The maximum Gasteiger partial charge on any atom is 0.471 e. The molecular weight excluding hydrogens is 223 g/mol. The topological polar surface area (TPSA) is 40.5 Å². The van der Waals surface area contributed by atoms with Gasteiger partial charge >= 0.3 is 12.1 Å². The predicted octanol–water partition coefficient (Wildman–Crippen LogP) is 1.70. The van der Waals surface area contributed by atoms with E-state index in [9.17, 15) is 18.0 Å². The summed E-state index contributed by atoms with van der Waals surface area (Å²) in [5.74, 6) is -1.83. The number of rotatable bonds is 3. The minimum atomic E-state index is -4.84. The first-order valence-electron chi connectivity index (χ1n) is 5.45. The minimum Gasteiger partial charge on any atom is -0.395 e. The molecule has 1 N–H and O–H groups in total. The third-order valence-electron chi connectivity index (χ3n) is 2.86. The molecule has 0 aromatic carbocycles. The summed E-state index contributed by atoms with van der Waals surface area (Å²) < 4.78 is 36.9. The number of hydrogen-bond acceptors (Lipinski definition) is 2. The monoisotopic (exact) mass is 239 g/mol. The number of halogens is 3. The van der Waals surface area contributed by atoms with E-state index in [1.54, 1.807) is 0 Å². The standard InChI is InChI=1S/C10H16F3NO2/c11-10(12,13)9(16)14(6-7-15)8-4-2-1-3-5-8/h8,15H,1-7H2. The lowest BCUT2D eigenvalue weighted by Crippen LogP contribution is -2.49. The predicted molar refractivity (Wildman–Crippen MR) is 51.7 cm³/mol. The van der Waals surface area contributed by atoms with Crippen LogP contribution in [-0.4, -0.2) is 41.3 Å². The van der Waals surface area contributed by atoms with Gasteiger partial charge in [0.25, 0.3) is 0 Å². The molecule has 0 saturated heterocycles. The highest BCUT2D eigenvalue weighted by Gasteiger charge is 2.44. The fraction of sp³-hybridized carbons (Fsp3) is 0.900. The van der Waals surface area contributed by atoms with Crippen molar-refractivity contribution in [3.05, 3.63) is 0 Å². The largest absolute Gasteiger partial charge is 0.471 e. The number of amides is 1. The molecule has 6 heteroatoms. The van der Waals surface area contributed by atoms with Crippen LogP contribution in [0, 0.1) is 0 Å². The van der Waals surface area contributed by atoms with Crippen molar-refractivity contribution < 1.29 is 23.1 Å². The lowest BCUT2D eigenvalue weighted by atomic mass is 9.94. The van der Waals surface area contributed by atoms with Crippen LogP contribution in [0.1, 0.15) is 32.1 Å². The van der Waals surface area contributed by atoms with Crippen LogP contribution < -0.4 is 0 Å². The second-order valence-corrected chi connectivity index (χ2v) is 4.01. The van der Waals surface area contributed by atoms with Gasteiger partial charge < -0.3 is 10.0 Å². The van der Waals surface area contributed by atoms with Gasteiger partial charge in [0, 0.05) is 12.6 Å². The van der Waals surface area contributed by atoms with Gasteiger partial charge in [-0.3, -0.25) is 4.79 Å². The molecular formula is C10H16F3NO2. The Morgan fingerprint density at radius 3 is 2.25 bits per heavy atom. The molecule has 0 spiro atoms. The van der Waals surface area contributed by atoms with E-state index in [0.717, 1.165) is 24.2 Å². The van der Waals surface area contributed by atoms with Crippen LogP contribution in [0.15, 0.2) is 0 Å². The van der Waals surface area contributed by atoms with Crippen molar-refractivity contribution in [2.24, 2.45) is 0 Å². The smallest absolute Gasteiger partial charge is 0.395 e. The van der Waals surface area contributed by atoms with Gasteiger partial charge in [-0.25, -0.2) is 0 Å². The van der Waals surface area contributed by atoms with E-state index >= 15 is 0 Å². The Morgan fingerprint density at radius 1 is 1.25 bits per heavy atom. The SMILES string of the molecule is O=C(N(CCO)C1CCCCC1)C(F)(F)F. The molecule has 1 fully saturated rings. The van der Waals surface area contributed by atoms with E-state index in [1.165, 1.54) is 0 Å². The molecule has 1 saturated carbocycles. The van der Waals surface area contributed by atoms with E-state index < -0.39 is 18.7 Å². The Morgan fingerprint density at radius 2 is 1.81 bits per heavy atom. The third kappa shape index (κ3) is 3.37. The van der Waals surface area contributed by atoms with Crippen molar-refractivity contribution in [2.45, 2.75) is 44.3 Å². The minimum absolute atomic E-state index is 0.233. The summed E-state index contributed by atoms with van der Waals surface area (Å²) >= 11 is 0. The van der Waals surface area contributed by atoms with E-state index in [2.05, 4.69) is 0 Å². The molecule has 0 heterocycles. The Bertz CT molecular complexity index is 237. The molecule has 0 unspecified atom stereocenters. The fourth-order valence-corrected chi connectivity index (χ4v) is 2.11. The van der Waals surface area contributed by atoms with Gasteiger partial charge in [-0.2, -0.15) is 13.2 Å². The number of carbonyl (C=O) groups excluding carboxylic acids is 1. The maximum absolute atomic E-state index is 12.3. The number of aliphatic hydroxyl groups excluding tert-OH is 1. The lowest BCUT2D eigenvalue weighted by molar-refractivity contribution is -0.188. The second-order valence-electron chi connectivity index (χ2n) is 4.01. The number of aliphatic hydroxyl groups is 1. The highest BCUT2D eigenvalue weighted by molar-refractivity contribution is 5.82. The zero-order valence-electron chi connectivity index (χ0n) is 8.96. The van der Waals surface area contributed by atoms with E-state index in [1.807, 2.05) is 0 Å². The molecule has 1 aliphatic carbocycles. The Balaban J connectivity index is 2.69. The molecule has 0 aromatic rings. The highest BCUT2D eigenvalue weighted by atomic mass is 19.4. The summed E-state index contributed by atoms with van der Waals surface area (Å²) in [7, 11) is 0. The van der Waals surface area contributed by atoms with Crippen LogP contribution in [-0.2, 0) is 4.79 Å². The maximum atomic E-state index is 12.3. The number of alkyl halides is 3. The van der Waals surface area contributed by atoms with Crippen molar-refractivity contribution in [3.8, 4) is 0 Å². The van der Waals surface area contributed by atoms with Crippen LogP contribution >= 0.6 is 0 Å². The quantitative estimate of drug-likeness (QED) is 0.814. The molecule has 0 bridgehead atoms. The van der Waals surface area contributed by atoms with Crippen LogP contribution in [0.25, 0.3) is 0 Å². The summed E-state index contributed by atoms with van der Waals surface area (Å²) in [6.07, 6.45) is -0.949. The molecule has 1 amide bonds. The zero-order chi connectivity index (χ0) is 12.2. The third-order valence-corrected chi connectivity index (χ3v) is 2.86. The average molecular weight is 239 g/mol. The fourth-order valence-electron chi connectivity index (χ4n) is 2.11. The van der Waals surface area contributed by atoms with Crippen molar-refractivity contribution in [2.75, 3.05) is 13.2 Å². The molecule has 0 radical (unpaired) electrons. The first-order chi connectivity index (χ1) is 7.46. The summed E-state index contributed by atoms with van der Waals surface area (Å²) in [4.78, 5) is 11.9. The molecule has 1 rings (SSSR count). The van der Waals surface area contributed by atoms with Gasteiger partial charge in [0.15, 0.2) is 0 Å². The van der Waals surface area contributed by atoms with Crippen LogP contribution in [0.2, 0.25) is 0 Å². The van der Waals surface area contributed by atoms with E-state index in [4.69, 9.17) is 5.11 Å². The van der Waals surface area contributed by atoms with Crippen molar-refractivity contribution in [1.29, 1.82) is 0 Å². The Kier molecular flexibility index (Phi) is 4.58. The van der Waals surface area contributed by atoms with Gasteiger partial charge in [0.1, 0.15) is 0 Å². The Hall–Kier alpha value is -0.780. The first kappa shape index (κ1) is 13.3. The number of carbonyl (C=O) groups is 1. The second kappa shape index (κ2) is 5.52. The molecule has 0 atom stereocenters. The van der Waals surface area contributed by atoms with Gasteiger partial charge in [-0.05, 0) is 12.8 Å². The molecule has 1 aliphatic rings. The number of nitrogens with zero attached hydrogens (tertiary/aromatic N) is 1. The van der Waals surface area contributed by atoms with Gasteiger partial charge in [0.2, 0.25) is 0 Å². The molecule has 0 aromatic heterocycles. The lowest BCUT2D eigenvalue weighted by Gasteiger charge is -2.34. The first-order valence-corrected chi connectivity index (χ1v) is 5.45. The number of hydrogen-bond donors (Lipinski definition) is 1. The van der Waals surface area contributed by atoms with Crippen LogP contribution in [0.3, 0.4) is 0 Å².